The van der Waals surface area contributed by atoms with Gasteiger partial charge in [0.15, 0.2) is 0 Å². The third kappa shape index (κ3) is 7.50. The van der Waals surface area contributed by atoms with Crippen molar-refractivity contribution >= 4 is 46.1 Å². The highest BCUT2D eigenvalue weighted by molar-refractivity contribution is 8.23. The van der Waals surface area contributed by atoms with E-state index in [2.05, 4.69) is 0 Å². The Balaban J connectivity index is 1.99. The number of carbonyl (C=O) groups is 3. The van der Waals surface area contributed by atoms with Crippen molar-refractivity contribution < 1.29 is 24.2 Å². The molecule has 1 aromatic carbocycles. The van der Waals surface area contributed by atoms with Gasteiger partial charge < -0.3 is 19.6 Å². The summed E-state index contributed by atoms with van der Waals surface area (Å²) in [6.45, 7) is 8.35. The lowest BCUT2D eigenvalue weighted by molar-refractivity contribution is -0.149. The number of benzene rings is 1. The van der Waals surface area contributed by atoms with Crippen LogP contribution in [0.4, 0.5) is 4.79 Å². The van der Waals surface area contributed by atoms with E-state index in [4.69, 9.17) is 17.0 Å². The molecule has 2 atom stereocenters. The number of hydrogen-bond acceptors (Lipinski definition) is 6. The Hall–Kier alpha value is -2.13. The maximum absolute atomic E-state index is 13.2. The number of piperazine rings is 1. The first kappa shape index (κ1) is 25.1. The second-order valence-corrected chi connectivity index (χ2v) is 10.2. The van der Waals surface area contributed by atoms with E-state index in [1.807, 2.05) is 30.3 Å². The number of ether oxygens (including phenoxy) is 1. The predicted molar refractivity (Wildman–Crippen MR) is 125 cm³/mol. The van der Waals surface area contributed by atoms with Crippen LogP contribution in [0, 0.1) is 11.8 Å². The number of amides is 2. The molecule has 9 heteroatoms. The van der Waals surface area contributed by atoms with Gasteiger partial charge in [-0.25, -0.2) is 4.79 Å². The van der Waals surface area contributed by atoms with E-state index in [1.54, 1.807) is 37.5 Å². The highest BCUT2D eigenvalue weighted by atomic mass is 32.2. The van der Waals surface area contributed by atoms with Gasteiger partial charge in [0, 0.05) is 31.9 Å². The molecule has 2 rings (SSSR count). The van der Waals surface area contributed by atoms with Gasteiger partial charge in [-0.2, -0.15) is 0 Å². The molecule has 1 aliphatic rings. The number of nitrogens with zero attached hydrogens (tertiary/aromatic N) is 2. The van der Waals surface area contributed by atoms with Crippen LogP contribution in [-0.4, -0.2) is 74.6 Å². The minimum atomic E-state index is -1.02. The third-order valence-electron chi connectivity index (χ3n) is 4.96. The van der Waals surface area contributed by atoms with Crippen molar-refractivity contribution in [3.05, 3.63) is 35.9 Å². The summed E-state index contributed by atoms with van der Waals surface area (Å²) in [5.41, 5.74) is 0.295. The summed E-state index contributed by atoms with van der Waals surface area (Å²) in [6.07, 6.45) is -0.404. The van der Waals surface area contributed by atoms with Crippen LogP contribution in [0.3, 0.4) is 0 Å². The number of aliphatic carboxylic acids is 1. The van der Waals surface area contributed by atoms with Crippen LogP contribution in [0.2, 0.25) is 0 Å². The first-order valence-corrected chi connectivity index (χ1v) is 11.6. The molecule has 0 bridgehead atoms. The fourth-order valence-electron chi connectivity index (χ4n) is 3.10. The molecule has 0 spiro atoms. The van der Waals surface area contributed by atoms with Gasteiger partial charge in [-0.1, -0.05) is 49.5 Å². The summed E-state index contributed by atoms with van der Waals surface area (Å²) in [5.74, 6) is -2.51. The highest BCUT2D eigenvalue weighted by Crippen LogP contribution is 2.25. The molecule has 1 saturated heterocycles. The van der Waals surface area contributed by atoms with E-state index in [-0.39, 0.29) is 11.7 Å². The number of carboxylic acid groups (broad SMARTS) is 1. The first-order valence-electron chi connectivity index (χ1n) is 10.2. The molecule has 2 amide bonds. The molecule has 0 saturated carbocycles. The van der Waals surface area contributed by atoms with Gasteiger partial charge in [-0.05, 0) is 26.3 Å². The first-order chi connectivity index (χ1) is 14.5. The molecule has 170 valence electrons. The van der Waals surface area contributed by atoms with E-state index < -0.39 is 29.5 Å². The normalized spacial score (nSPS) is 16.4. The molecular formula is C22H30N2O5S2. The number of rotatable bonds is 6. The van der Waals surface area contributed by atoms with Crippen molar-refractivity contribution in [1.29, 1.82) is 0 Å². The number of carbonyl (C=O) groups excluding carboxylic acids is 2. The minimum absolute atomic E-state index is 0.220. The van der Waals surface area contributed by atoms with Crippen molar-refractivity contribution in [3.8, 4) is 0 Å². The number of thiocarbonyl (C=S) groups is 1. The topological polar surface area (TPSA) is 87.2 Å². The zero-order valence-corrected chi connectivity index (χ0v) is 20.0. The number of carboxylic acids is 1. The Morgan fingerprint density at radius 3 is 2.16 bits per heavy atom. The van der Waals surface area contributed by atoms with Gasteiger partial charge in [0.2, 0.25) is 5.91 Å². The van der Waals surface area contributed by atoms with Crippen LogP contribution >= 0.6 is 24.0 Å². The van der Waals surface area contributed by atoms with Gasteiger partial charge in [-0.15, -0.1) is 11.8 Å². The maximum Gasteiger partial charge on any atom is 0.410 e. The molecule has 1 heterocycles. The standard InChI is InChI=1S/C22H30N2O5S2/c1-15(19(26)27)17(14-31-20(30)16-8-6-5-7-9-16)18(25)23-10-12-24(13-11-23)21(28)29-22(2,3)4/h5-9,15,17H,10-14H2,1-4H3,(H,26,27). The van der Waals surface area contributed by atoms with Gasteiger partial charge in [0.25, 0.3) is 0 Å². The number of hydrogen-bond donors (Lipinski definition) is 1. The largest absolute Gasteiger partial charge is 0.481 e. The summed E-state index contributed by atoms with van der Waals surface area (Å²) in [5, 5.41) is 9.52. The monoisotopic (exact) mass is 466 g/mol. The van der Waals surface area contributed by atoms with Crippen molar-refractivity contribution in [2.24, 2.45) is 11.8 Å². The van der Waals surface area contributed by atoms with E-state index in [1.165, 1.54) is 11.8 Å². The summed E-state index contributed by atoms with van der Waals surface area (Å²) in [6, 6.07) is 9.45. The van der Waals surface area contributed by atoms with Crippen LogP contribution in [0.15, 0.2) is 30.3 Å². The van der Waals surface area contributed by atoms with Crippen molar-refractivity contribution in [2.45, 2.75) is 33.3 Å². The van der Waals surface area contributed by atoms with E-state index in [0.717, 1.165) is 5.56 Å². The zero-order valence-electron chi connectivity index (χ0n) is 18.4. The Morgan fingerprint density at radius 2 is 1.65 bits per heavy atom. The average molecular weight is 467 g/mol. The second kappa shape index (κ2) is 10.9. The average Bonchev–Trinajstić information content (AvgIpc) is 2.72. The van der Waals surface area contributed by atoms with Gasteiger partial charge in [0.05, 0.1) is 16.0 Å². The summed E-state index contributed by atoms with van der Waals surface area (Å²) in [4.78, 5) is 40.3. The Kier molecular flexibility index (Phi) is 8.88. The molecule has 0 aliphatic carbocycles. The molecule has 1 aliphatic heterocycles. The second-order valence-electron chi connectivity index (χ2n) is 8.49. The van der Waals surface area contributed by atoms with Crippen LogP contribution in [0.1, 0.15) is 33.3 Å². The van der Waals surface area contributed by atoms with Crippen molar-refractivity contribution in [1.82, 2.24) is 9.80 Å². The van der Waals surface area contributed by atoms with Gasteiger partial charge in [0.1, 0.15) is 5.60 Å². The van der Waals surface area contributed by atoms with Gasteiger partial charge >= 0.3 is 12.1 Å². The summed E-state index contributed by atoms with van der Waals surface area (Å²) >= 11 is 6.78. The molecular weight excluding hydrogens is 436 g/mol. The lowest BCUT2D eigenvalue weighted by Crippen LogP contribution is -2.54. The lowest BCUT2D eigenvalue weighted by atomic mass is 9.94. The molecule has 31 heavy (non-hydrogen) atoms. The fourth-order valence-corrected chi connectivity index (χ4v) is 4.50. The Bertz CT molecular complexity index is 802. The fraction of sp³-hybridized carbons (Fsp3) is 0.545. The molecule has 1 aromatic rings. The third-order valence-corrected chi connectivity index (χ3v) is 6.57. The van der Waals surface area contributed by atoms with E-state index >= 15 is 0 Å². The summed E-state index contributed by atoms with van der Waals surface area (Å²) < 4.78 is 6.02. The van der Waals surface area contributed by atoms with Gasteiger partial charge in [-0.3, -0.25) is 9.59 Å². The van der Waals surface area contributed by atoms with Crippen LogP contribution in [0.25, 0.3) is 0 Å². The van der Waals surface area contributed by atoms with E-state index in [0.29, 0.717) is 30.4 Å². The zero-order chi connectivity index (χ0) is 23.2. The molecule has 7 nitrogen and oxygen atoms in total. The Morgan fingerprint density at radius 1 is 1.10 bits per heavy atom. The van der Waals surface area contributed by atoms with Crippen LogP contribution in [0.5, 0.6) is 0 Å². The predicted octanol–water partition coefficient (Wildman–Crippen LogP) is 3.51. The number of thioether (sulfide) groups is 1. The minimum Gasteiger partial charge on any atom is -0.481 e. The molecule has 0 radical (unpaired) electrons. The smallest absolute Gasteiger partial charge is 0.410 e. The highest BCUT2D eigenvalue weighted by Gasteiger charge is 2.36. The SMILES string of the molecule is CC(C(=O)O)C(CSC(=S)c1ccccc1)C(=O)N1CCN(C(=O)OC(C)(C)C)CC1. The Labute approximate surface area is 193 Å². The summed E-state index contributed by atoms with van der Waals surface area (Å²) in [7, 11) is 0. The lowest BCUT2D eigenvalue weighted by Gasteiger charge is -2.37. The maximum atomic E-state index is 13.2. The quantitative estimate of drug-likeness (QED) is 0.642. The molecule has 1 N–H and O–H groups in total. The van der Waals surface area contributed by atoms with Crippen molar-refractivity contribution in [2.75, 3.05) is 31.9 Å². The molecule has 0 aromatic heterocycles. The van der Waals surface area contributed by atoms with E-state index in [9.17, 15) is 19.5 Å². The molecule has 2 unspecified atom stereocenters. The van der Waals surface area contributed by atoms with Crippen LogP contribution in [-0.2, 0) is 14.3 Å². The van der Waals surface area contributed by atoms with Crippen molar-refractivity contribution in [3.63, 3.8) is 0 Å². The molecule has 1 fully saturated rings. The van der Waals surface area contributed by atoms with Crippen LogP contribution < -0.4 is 0 Å².